The van der Waals surface area contributed by atoms with Gasteiger partial charge in [-0.05, 0) is 154 Å². The second-order valence-corrected chi connectivity index (χ2v) is 36.5. The number of aromatic amines is 2. The molecule has 1 aromatic carbocycles. The normalized spacial score (nSPS) is 24.9. The van der Waals surface area contributed by atoms with Crippen molar-refractivity contribution >= 4 is 111 Å². The Hall–Kier alpha value is -9.83. The molecule has 2 saturated heterocycles. The van der Waals surface area contributed by atoms with Crippen molar-refractivity contribution in [2.24, 2.45) is 63.7 Å². The van der Waals surface area contributed by atoms with Gasteiger partial charge in [0.1, 0.15) is 42.3 Å². The lowest BCUT2D eigenvalue weighted by Gasteiger charge is -2.61. The first-order chi connectivity index (χ1) is 58.4. The van der Waals surface area contributed by atoms with Crippen LogP contribution in [-0.2, 0) is 89.5 Å². The first-order valence-corrected chi connectivity index (χ1v) is 44.5. The highest BCUT2D eigenvalue weighted by Gasteiger charge is 2.68. The van der Waals surface area contributed by atoms with Crippen LogP contribution in [0.4, 0.5) is 0 Å². The van der Waals surface area contributed by atoms with Gasteiger partial charge in [-0.25, -0.2) is 4.98 Å². The van der Waals surface area contributed by atoms with E-state index in [4.69, 9.17) is 16.2 Å². The van der Waals surface area contributed by atoms with Gasteiger partial charge in [-0.15, -0.1) is 0 Å². The molecule has 9 rings (SSSR count). The summed E-state index contributed by atoms with van der Waals surface area (Å²) < 4.78 is 7.13. The van der Waals surface area contributed by atoms with Crippen LogP contribution >= 0.6 is 11.8 Å². The lowest BCUT2D eigenvalue weighted by molar-refractivity contribution is -0.150. The van der Waals surface area contributed by atoms with Gasteiger partial charge in [0.25, 0.3) is 0 Å². The van der Waals surface area contributed by atoms with Crippen LogP contribution in [0.1, 0.15) is 150 Å². The molecule has 4 heterocycles. The zero-order valence-corrected chi connectivity index (χ0v) is 72.8. The van der Waals surface area contributed by atoms with Gasteiger partial charge in [-0.1, -0.05) is 59.7 Å². The molecule has 12 amide bonds. The number of nitrogens with one attached hydrogen (secondary N) is 12. The van der Waals surface area contributed by atoms with Crippen LogP contribution in [0.2, 0.25) is 0 Å². The fourth-order valence-corrected chi connectivity index (χ4v) is 20.1. The lowest BCUT2D eigenvalue weighted by Crippen LogP contribution is -2.59. The highest BCUT2D eigenvalue weighted by molar-refractivity contribution is 7.98. The molecule has 0 bridgehead atoms. The van der Waals surface area contributed by atoms with Crippen molar-refractivity contribution in [1.29, 1.82) is 0 Å². The second kappa shape index (κ2) is 45.2. The molecule has 680 valence electrons. The average molecular weight is 1740 g/mol. The first kappa shape index (κ1) is 97.0. The van der Waals surface area contributed by atoms with E-state index in [9.17, 15) is 87.2 Å². The van der Waals surface area contributed by atoms with Gasteiger partial charge in [0.15, 0.2) is 0 Å². The van der Waals surface area contributed by atoms with Crippen LogP contribution in [0.25, 0.3) is 10.9 Å². The molecule has 0 spiro atoms. The number of thioether (sulfide) groups is 1. The van der Waals surface area contributed by atoms with E-state index in [0.717, 1.165) is 62.3 Å². The number of carbonyl (C=O) groups excluding carboxylic acids is 12. The molecular formula is C84H129N19O19S. The minimum Gasteiger partial charge on any atom is -0.480 e. The van der Waals surface area contributed by atoms with Crippen molar-refractivity contribution in [2.75, 3.05) is 104 Å². The van der Waals surface area contributed by atoms with Gasteiger partial charge < -0.3 is 94.7 Å². The third-order valence-corrected chi connectivity index (χ3v) is 26.8. The minimum atomic E-state index is -1.39. The molecule has 6 aliphatic rings. The van der Waals surface area contributed by atoms with E-state index < -0.39 is 138 Å². The van der Waals surface area contributed by atoms with E-state index in [2.05, 4.69) is 82.0 Å². The second-order valence-electron chi connectivity index (χ2n) is 35.5. The van der Waals surface area contributed by atoms with Crippen molar-refractivity contribution in [1.82, 2.24) is 87.7 Å². The predicted octanol–water partition coefficient (Wildman–Crippen LogP) is -0.695. The number of carboxylic acid groups (broad SMARTS) is 3. The quantitative estimate of drug-likeness (QED) is 0.0333. The Morgan fingerprint density at radius 2 is 1.15 bits per heavy atom. The summed E-state index contributed by atoms with van der Waals surface area (Å²) in [7, 11) is 0. The summed E-state index contributed by atoms with van der Waals surface area (Å²) in [6.45, 7) is 13.1. The molecule has 4 saturated carbocycles. The van der Waals surface area contributed by atoms with Crippen LogP contribution in [0.3, 0.4) is 0 Å². The molecular weight excluding hydrogens is 1610 g/mol. The summed E-state index contributed by atoms with van der Waals surface area (Å²) in [5, 5.41) is 57.0. The van der Waals surface area contributed by atoms with E-state index >= 15 is 0 Å². The Kier molecular flexibility index (Phi) is 35.6. The Morgan fingerprint density at radius 1 is 0.577 bits per heavy atom. The Labute approximate surface area is 721 Å². The summed E-state index contributed by atoms with van der Waals surface area (Å²) in [4.78, 5) is 217. The zero-order valence-electron chi connectivity index (χ0n) is 71.9. The average Bonchev–Trinajstić information content (AvgIpc) is 1.51. The molecule has 38 nitrogen and oxygen atoms in total. The van der Waals surface area contributed by atoms with E-state index in [1.807, 2.05) is 44.4 Å². The number of benzene rings is 1. The molecule has 123 heavy (non-hydrogen) atoms. The predicted molar refractivity (Wildman–Crippen MR) is 454 cm³/mol. The lowest BCUT2D eigenvalue weighted by atomic mass is 9.44. The molecule has 39 heteroatoms. The van der Waals surface area contributed by atoms with Crippen molar-refractivity contribution in [2.45, 2.75) is 212 Å². The highest BCUT2D eigenvalue weighted by atomic mass is 32.2. The third-order valence-electron chi connectivity index (χ3n) is 26.2. The number of hydrogen-bond donors (Lipinski definition) is 17. The molecule has 0 radical (unpaired) electrons. The van der Waals surface area contributed by atoms with Crippen LogP contribution in [0, 0.1) is 52.3 Å². The number of carboxylic acids is 3. The minimum absolute atomic E-state index is 0.0243. The number of imidazole rings is 1. The number of hydrogen-bond acceptors (Lipinski definition) is 22. The van der Waals surface area contributed by atoms with Crippen LogP contribution < -0.4 is 64.6 Å². The highest BCUT2D eigenvalue weighted by Crippen LogP contribution is 2.71. The van der Waals surface area contributed by atoms with Gasteiger partial charge >= 0.3 is 17.9 Å². The maximum Gasteiger partial charge on any atom is 0.317 e. The number of nitrogens with zero attached hydrogens (tertiary/aromatic N) is 5. The summed E-state index contributed by atoms with van der Waals surface area (Å²) in [6.07, 6.45) is 13.3. The SMILES string of the molecule is CSCC[C@H](NC(=O)[C@H](CC(C)C)NC(=O)[C@H](Cc1c[nH]cn1)NC(=O)CNC(=O)[C@@H](NC(=O)[C@H](C)NC(=O)[C@H](Cc1c[nH]c2ccccc12)NC(=O)[C@H](CCC(N)=O)NC(=O)CC[C@H]1O[C@H]2CC3C(CC[C@@H]4C[C@@H](NC(=O)CNC(=O)CN5CCN(CC(=O)O)CCN(CC(=O)O)CCN(CC(=O)O)CC5)CC[C@]34C)C3CC[C@H]1[C@]32C)C(C)C)C(N)=O. The Balaban J connectivity index is 0.774. The number of aromatic nitrogens is 3. The number of aliphatic carboxylic acids is 3. The van der Waals surface area contributed by atoms with Crippen molar-refractivity contribution in [3.05, 3.63) is 54.2 Å². The Bertz CT molecular complexity index is 4180. The number of rotatable bonds is 43. The number of amides is 12. The Morgan fingerprint density at radius 3 is 1.76 bits per heavy atom. The van der Waals surface area contributed by atoms with Gasteiger partial charge in [-0.2, -0.15) is 11.8 Å². The van der Waals surface area contributed by atoms with Crippen molar-refractivity contribution in [3.8, 4) is 0 Å². The summed E-state index contributed by atoms with van der Waals surface area (Å²) >= 11 is 1.46. The number of para-hydroxylation sites is 1. The summed E-state index contributed by atoms with van der Waals surface area (Å²) in [5.41, 5.74) is 12.8. The van der Waals surface area contributed by atoms with Crippen LogP contribution in [0.5, 0.6) is 0 Å². The number of fused-ring (bicyclic) bond motifs is 5. The summed E-state index contributed by atoms with van der Waals surface area (Å²) in [5.74, 6) is -9.79. The molecule has 6 fully saturated rings. The van der Waals surface area contributed by atoms with Crippen molar-refractivity contribution in [3.63, 3.8) is 0 Å². The van der Waals surface area contributed by atoms with Crippen LogP contribution in [0.15, 0.2) is 43.0 Å². The molecule has 2 aromatic heterocycles. The molecule has 17 atom stereocenters. The summed E-state index contributed by atoms with van der Waals surface area (Å²) in [6, 6.07) is -1.61. The zero-order chi connectivity index (χ0) is 89.6. The number of H-pyrrole nitrogens is 2. The van der Waals surface area contributed by atoms with Crippen LogP contribution in [-0.4, -0.2) is 303 Å². The van der Waals surface area contributed by atoms with E-state index in [0.29, 0.717) is 47.1 Å². The van der Waals surface area contributed by atoms with E-state index in [1.165, 1.54) is 31.2 Å². The van der Waals surface area contributed by atoms with Gasteiger partial charge in [0.2, 0.25) is 70.9 Å². The first-order valence-electron chi connectivity index (χ1n) is 43.1. The van der Waals surface area contributed by atoms with Gasteiger partial charge in [0, 0.05) is 113 Å². The number of carbonyl (C=O) groups is 15. The maximum atomic E-state index is 14.7. The molecule has 2 aliphatic heterocycles. The molecule has 4 aliphatic carbocycles. The smallest absolute Gasteiger partial charge is 0.317 e. The monoisotopic (exact) mass is 1740 g/mol. The molecule has 3 unspecified atom stereocenters. The maximum absolute atomic E-state index is 14.7. The molecule has 19 N–H and O–H groups in total. The third kappa shape index (κ3) is 27.3. The van der Waals surface area contributed by atoms with Gasteiger partial charge in [-0.3, -0.25) is 91.5 Å². The standard InChI is InChI=1S/C84H129N19O19S/c1-47(2)33-62(80(119)96-60(76(86)115)22-32-123-8)97-81(120)64(36-53-39-87-46-91-53)95-70(107)41-90-82(121)75(48(3)4)99-77(116)49(5)92-79(118)63(34-50-38-88-59-12-10-9-11-54(50)59)98-78(117)61(17-19-67(85)104)94-68(105)20-18-65-57-16-15-56-55-14-13-51-35-52(21-23-83(51,6)58(55)37-66(122-65)84(56,57)7)93-69(106)40-89-71(108)42-100-24-26-101(43-72(109)110)28-30-103(45-74(113)114)31-29-102(27-25-100)44-73(111)112/h9-12,38-39,46-49,51-52,55-58,60-66,75,88H,13-37,40-45H2,1-8H3,(H2,85,104)(H2,86,115)(H,87,91)(H,89,108)(H,90,121)(H,92,118)(H,93,106)(H,94,105)(H,95,107)(H,96,119)(H,97,120)(H,98,117)(H,99,116)(H,109,110)(H,111,112)(H,113,114)/t49-,51+,52-,55?,56?,57+,58?,60-,61-,62-,63-,64-,65+,66-,75-,83-,84-/m0/s1. The topological polar surface area (TPSA) is 556 Å². The van der Waals surface area contributed by atoms with Crippen molar-refractivity contribution < 1.29 is 92.0 Å². The fraction of sp³-hybridized carbons (Fsp3) is 0.690. The van der Waals surface area contributed by atoms with E-state index in [-0.39, 0.29) is 177 Å². The number of ether oxygens (including phenoxy) is 1. The van der Waals surface area contributed by atoms with E-state index in [1.54, 1.807) is 39.6 Å². The molecule has 3 aromatic rings. The number of nitrogens with two attached hydrogens (primary N) is 2. The van der Waals surface area contributed by atoms with Gasteiger partial charge in [0.05, 0.1) is 63.5 Å². The fourth-order valence-electron chi connectivity index (χ4n) is 19.7. The largest absolute Gasteiger partial charge is 0.480 e. The number of primary amides is 2.